The molecule has 1 amide bonds. The SMILES string of the molecule is O=C(O)c1c(F)c(F)c(F)c(F)c1C(=O)Nc1cccc(-c2ccccc2)c1. The summed E-state index contributed by atoms with van der Waals surface area (Å²) in [7, 11) is 0. The Morgan fingerprint density at radius 3 is 1.89 bits per heavy atom. The molecule has 3 rings (SSSR count). The average molecular weight is 389 g/mol. The summed E-state index contributed by atoms with van der Waals surface area (Å²) in [4.78, 5) is 23.5. The van der Waals surface area contributed by atoms with E-state index in [1.807, 2.05) is 6.07 Å². The second-order valence-corrected chi connectivity index (χ2v) is 5.71. The molecule has 0 spiro atoms. The molecule has 0 aliphatic heterocycles. The standard InChI is InChI=1S/C20H11F4NO3/c21-15-13(14(20(27)28)16(22)18(24)17(15)23)19(26)25-12-8-4-7-11(9-12)10-5-2-1-3-6-10/h1-9H,(H,25,26)(H,27,28). The van der Waals surface area contributed by atoms with Gasteiger partial charge in [0, 0.05) is 5.69 Å². The Morgan fingerprint density at radius 1 is 0.714 bits per heavy atom. The van der Waals surface area contributed by atoms with E-state index in [2.05, 4.69) is 5.32 Å². The molecule has 0 atom stereocenters. The van der Waals surface area contributed by atoms with Crippen LogP contribution in [0.3, 0.4) is 0 Å². The number of anilines is 1. The zero-order valence-corrected chi connectivity index (χ0v) is 14.0. The van der Waals surface area contributed by atoms with Gasteiger partial charge in [0.15, 0.2) is 23.3 Å². The summed E-state index contributed by atoms with van der Waals surface area (Å²) in [5.74, 6) is -12.4. The van der Waals surface area contributed by atoms with Gasteiger partial charge in [-0.3, -0.25) is 4.79 Å². The maximum absolute atomic E-state index is 14.1. The topological polar surface area (TPSA) is 66.4 Å². The van der Waals surface area contributed by atoms with Gasteiger partial charge in [-0.05, 0) is 23.3 Å². The third-order valence-corrected chi connectivity index (χ3v) is 3.94. The van der Waals surface area contributed by atoms with Crippen LogP contribution in [0.5, 0.6) is 0 Å². The largest absolute Gasteiger partial charge is 0.478 e. The maximum Gasteiger partial charge on any atom is 0.339 e. The summed E-state index contributed by atoms with van der Waals surface area (Å²) in [6, 6.07) is 15.2. The van der Waals surface area contributed by atoms with Crippen molar-refractivity contribution in [3.63, 3.8) is 0 Å². The Hall–Kier alpha value is -3.68. The zero-order valence-electron chi connectivity index (χ0n) is 14.0. The minimum absolute atomic E-state index is 0.118. The zero-order chi connectivity index (χ0) is 20.4. The number of hydrogen-bond acceptors (Lipinski definition) is 2. The highest BCUT2D eigenvalue weighted by atomic mass is 19.2. The molecule has 4 nitrogen and oxygen atoms in total. The third-order valence-electron chi connectivity index (χ3n) is 3.94. The van der Waals surface area contributed by atoms with Gasteiger partial charge in [-0.15, -0.1) is 0 Å². The number of halogens is 4. The van der Waals surface area contributed by atoms with Gasteiger partial charge >= 0.3 is 5.97 Å². The van der Waals surface area contributed by atoms with E-state index in [1.165, 1.54) is 12.1 Å². The number of rotatable bonds is 4. The molecule has 2 N–H and O–H groups in total. The van der Waals surface area contributed by atoms with Gasteiger partial charge in [0.2, 0.25) is 0 Å². The molecule has 142 valence electrons. The van der Waals surface area contributed by atoms with Crippen LogP contribution in [0.15, 0.2) is 54.6 Å². The first-order valence-electron chi connectivity index (χ1n) is 7.87. The molecule has 28 heavy (non-hydrogen) atoms. The van der Waals surface area contributed by atoms with Crippen molar-refractivity contribution >= 4 is 17.6 Å². The summed E-state index contributed by atoms with van der Waals surface area (Å²) in [5, 5.41) is 11.2. The van der Waals surface area contributed by atoms with E-state index in [-0.39, 0.29) is 5.69 Å². The van der Waals surface area contributed by atoms with E-state index in [0.29, 0.717) is 5.56 Å². The van der Waals surface area contributed by atoms with Gasteiger partial charge in [-0.1, -0.05) is 42.5 Å². The molecular weight excluding hydrogens is 378 g/mol. The lowest BCUT2D eigenvalue weighted by Gasteiger charge is -2.12. The molecule has 0 unspecified atom stereocenters. The van der Waals surface area contributed by atoms with Crippen molar-refractivity contribution in [3.05, 3.63) is 89.0 Å². The first-order chi connectivity index (χ1) is 13.3. The number of carboxylic acids is 1. The van der Waals surface area contributed by atoms with E-state index >= 15 is 0 Å². The normalized spacial score (nSPS) is 10.6. The Morgan fingerprint density at radius 2 is 1.29 bits per heavy atom. The van der Waals surface area contributed by atoms with Crippen LogP contribution >= 0.6 is 0 Å². The fraction of sp³-hybridized carbons (Fsp3) is 0. The van der Waals surface area contributed by atoms with Crippen molar-refractivity contribution in [2.24, 2.45) is 0 Å². The molecule has 3 aromatic carbocycles. The number of carbonyl (C=O) groups is 2. The van der Waals surface area contributed by atoms with Crippen LogP contribution in [0.4, 0.5) is 23.2 Å². The molecule has 3 aromatic rings. The molecule has 0 bridgehead atoms. The lowest BCUT2D eigenvalue weighted by atomic mass is 10.0. The van der Waals surface area contributed by atoms with Crippen LogP contribution < -0.4 is 5.32 Å². The minimum Gasteiger partial charge on any atom is -0.478 e. The minimum atomic E-state index is -2.31. The first-order valence-corrected chi connectivity index (χ1v) is 7.87. The maximum atomic E-state index is 14.1. The number of nitrogens with one attached hydrogen (secondary N) is 1. The molecule has 0 aliphatic carbocycles. The van der Waals surface area contributed by atoms with Crippen molar-refractivity contribution in [3.8, 4) is 11.1 Å². The summed E-state index contributed by atoms with van der Waals surface area (Å²) >= 11 is 0. The monoisotopic (exact) mass is 389 g/mol. The Labute approximate surface area is 156 Å². The van der Waals surface area contributed by atoms with E-state index in [0.717, 1.165) is 5.56 Å². The van der Waals surface area contributed by atoms with Crippen molar-refractivity contribution in [2.45, 2.75) is 0 Å². The molecule has 0 fully saturated rings. The van der Waals surface area contributed by atoms with Crippen LogP contribution in [0.2, 0.25) is 0 Å². The Kier molecular flexibility index (Phi) is 5.12. The highest BCUT2D eigenvalue weighted by Crippen LogP contribution is 2.27. The van der Waals surface area contributed by atoms with E-state index in [1.54, 1.807) is 36.4 Å². The molecule has 8 heteroatoms. The van der Waals surface area contributed by atoms with Crippen molar-refractivity contribution in [2.75, 3.05) is 5.32 Å². The molecule has 0 aliphatic rings. The van der Waals surface area contributed by atoms with E-state index < -0.39 is 46.3 Å². The van der Waals surface area contributed by atoms with E-state index in [9.17, 15) is 27.2 Å². The van der Waals surface area contributed by atoms with Crippen LogP contribution in [-0.4, -0.2) is 17.0 Å². The van der Waals surface area contributed by atoms with Crippen LogP contribution in [-0.2, 0) is 0 Å². The van der Waals surface area contributed by atoms with Crippen molar-refractivity contribution in [1.29, 1.82) is 0 Å². The second kappa shape index (κ2) is 7.51. The smallest absolute Gasteiger partial charge is 0.339 e. The van der Waals surface area contributed by atoms with Crippen molar-refractivity contribution < 1.29 is 32.3 Å². The average Bonchev–Trinajstić information content (AvgIpc) is 2.69. The van der Waals surface area contributed by atoms with Gasteiger partial charge in [-0.25, -0.2) is 22.4 Å². The predicted octanol–water partition coefficient (Wildman–Crippen LogP) is 4.86. The molecular formula is C20H11F4NO3. The number of benzene rings is 3. The number of amides is 1. The molecule has 0 saturated carbocycles. The highest BCUT2D eigenvalue weighted by Gasteiger charge is 2.32. The van der Waals surface area contributed by atoms with Crippen LogP contribution in [0.1, 0.15) is 20.7 Å². The number of carboxylic acid groups (broad SMARTS) is 1. The third kappa shape index (κ3) is 3.44. The fourth-order valence-electron chi connectivity index (χ4n) is 2.65. The summed E-state index contributed by atoms with van der Waals surface area (Å²) in [6.45, 7) is 0. The molecule has 0 aromatic heterocycles. The van der Waals surface area contributed by atoms with Crippen LogP contribution in [0, 0.1) is 23.3 Å². The van der Waals surface area contributed by atoms with Gasteiger partial charge in [0.1, 0.15) is 5.56 Å². The molecule has 0 radical (unpaired) electrons. The second-order valence-electron chi connectivity index (χ2n) is 5.71. The van der Waals surface area contributed by atoms with Gasteiger partial charge < -0.3 is 10.4 Å². The predicted molar refractivity (Wildman–Crippen MR) is 93.1 cm³/mol. The Bertz CT molecular complexity index is 1080. The quantitative estimate of drug-likeness (QED) is 0.380. The van der Waals surface area contributed by atoms with Gasteiger partial charge in [0.25, 0.3) is 5.91 Å². The van der Waals surface area contributed by atoms with Gasteiger partial charge in [0.05, 0.1) is 5.56 Å². The van der Waals surface area contributed by atoms with Gasteiger partial charge in [-0.2, -0.15) is 0 Å². The highest BCUT2D eigenvalue weighted by molar-refractivity contribution is 6.11. The molecule has 0 saturated heterocycles. The summed E-state index contributed by atoms with van der Waals surface area (Å²) < 4.78 is 54.7. The van der Waals surface area contributed by atoms with E-state index in [4.69, 9.17) is 5.11 Å². The van der Waals surface area contributed by atoms with Crippen LogP contribution in [0.25, 0.3) is 11.1 Å². The molecule has 0 heterocycles. The Balaban J connectivity index is 2.02. The van der Waals surface area contributed by atoms with Crippen molar-refractivity contribution in [1.82, 2.24) is 0 Å². The fourth-order valence-corrected chi connectivity index (χ4v) is 2.65. The number of carbonyl (C=O) groups excluding carboxylic acids is 1. The first kappa shape index (κ1) is 19.1. The summed E-state index contributed by atoms with van der Waals surface area (Å²) in [6.07, 6.45) is 0. The lowest BCUT2D eigenvalue weighted by Crippen LogP contribution is -2.22. The summed E-state index contributed by atoms with van der Waals surface area (Å²) in [5.41, 5.74) is -1.43. The lowest BCUT2D eigenvalue weighted by molar-refractivity contribution is 0.0684. The number of hydrogen-bond donors (Lipinski definition) is 2. The number of aromatic carboxylic acids is 1.